The predicted molar refractivity (Wildman–Crippen MR) is 137 cm³/mol. The minimum absolute atomic E-state index is 0.0260. The average Bonchev–Trinajstić information content (AvgIpc) is 2.94. The lowest BCUT2D eigenvalue weighted by atomic mass is 9.89. The highest BCUT2D eigenvalue weighted by atomic mass is 16.7. The van der Waals surface area contributed by atoms with Crippen LogP contribution in [0.4, 0.5) is 0 Å². The molecule has 0 saturated carbocycles. The molecule has 41 heavy (non-hydrogen) atoms. The van der Waals surface area contributed by atoms with E-state index in [0.29, 0.717) is 5.56 Å². The van der Waals surface area contributed by atoms with Crippen LogP contribution in [0, 0.1) is 0 Å². The number of aromatic hydroxyl groups is 2. The molecule has 0 radical (unpaired) electrons. The zero-order chi connectivity index (χ0) is 29.7. The van der Waals surface area contributed by atoms with Crippen molar-refractivity contribution < 1.29 is 64.6 Å². The van der Waals surface area contributed by atoms with E-state index in [1.807, 2.05) is 0 Å². The lowest BCUT2D eigenvalue weighted by Crippen LogP contribution is -2.58. The number of phenolic OH excluding ortho intramolecular Hbond substituents is 2. The van der Waals surface area contributed by atoms with Crippen molar-refractivity contribution in [3.8, 4) is 28.6 Å². The Labute approximate surface area is 231 Å². The number of benzene rings is 2. The molecule has 2 aromatic carbocycles. The van der Waals surface area contributed by atoms with Crippen LogP contribution in [-0.2, 0) is 9.47 Å². The van der Waals surface area contributed by atoms with E-state index in [4.69, 9.17) is 18.6 Å². The third-order valence-electron chi connectivity index (χ3n) is 7.37. The SMILES string of the molecule is CC1O[C@@H](Oc2cc3oc(-c4ccc(O)cc4)cc(=O)c3c(O)c2[C@@H]2OC(CO)[C@@H](O)[C@H](O)C2O)C(O)[C@@H](O)[C@H]1O. The molecule has 14 heteroatoms. The summed E-state index contributed by atoms with van der Waals surface area (Å²) in [6.45, 7) is 0.631. The van der Waals surface area contributed by atoms with Gasteiger partial charge in [0.2, 0.25) is 6.29 Å². The first-order valence-corrected chi connectivity index (χ1v) is 12.7. The minimum Gasteiger partial charge on any atom is -0.508 e. The molecule has 0 bridgehead atoms. The Morgan fingerprint density at radius 2 is 1.49 bits per heavy atom. The Morgan fingerprint density at radius 1 is 0.829 bits per heavy atom. The molecule has 222 valence electrons. The zero-order valence-corrected chi connectivity index (χ0v) is 21.5. The fraction of sp³-hybridized carbons (Fsp3) is 0.444. The first-order valence-electron chi connectivity index (χ1n) is 12.7. The molecule has 10 atom stereocenters. The van der Waals surface area contributed by atoms with Crippen molar-refractivity contribution in [1.82, 2.24) is 0 Å². The van der Waals surface area contributed by atoms with Crippen LogP contribution in [0.25, 0.3) is 22.3 Å². The molecule has 2 aliphatic heterocycles. The highest BCUT2D eigenvalue weighted by Crippen LogP contribution is 2.46. The number of rotatable bonds is 5. The van der Waals surface area contributed by atoms with E-state index in [2.05, 4.69) is 0 Å². The fourth-order valence-electron chi connectivity index (χ4n) is 5.01. The van der Waals surface area contributed by atoms with Crippen LogP contribution < -0.4 is 10.2 Å². The molecule has 0 aliphatic carbocycles. The molecule has 14 nitrogen and oxygen atoms in total. The second-order valence-corrected chi connectivity index (χ2v) is 10.1. The molecule has 0 spiro atoms. The monoisotopic (exact) mass is 578 g/mol. The van der Waals surface area contributed by atoms with Gasteiger partial charge in [-0.05, 0) is 31.2 Å². The quantitative estimate of drug-likeness (QED) is 0.169. The third kappa shape index (κ3) is 5.14. The van der Waals surface area contributed by atoms with Crippen LogP contribution in [0.15, 0.2) is 45.6 Å². The lowest BCUT2D eigenvalue weighted by molar-refractivity contribution is -0.269. The van der Waals surface area contributed by atoms with Gasteiger partial charge in [0.15, 0.2) is 5.43 Å². The average molecular weight is 579 g/mol. The van der Waals surface area contributed by atoms with Gasteiger partial charge in [-0.25, -0.2) is 0 Å². The smallest absolute Gasteiger partial charge is 0.229 e. The van der Waals surface area contributed by atoms with E-state index in [1.165, 1.54) is 31.2 Å². The maximum Gasteiger partial charge on any atom is 0.229 e. The highest BCUT2D eigenvalue weighted by molar-refractivity contribution is 5.88. The number of hydrogen-bond donors (Lipinski definition) is 9. The van der Waals surface area contributed by atoms with Crippen molar-refractivity contribution in [2.45, 2.75) is 68.1 Å². The Hall–Kier alpha value is -3.31. The number of ether oxygens (including phenoxy) is 3. The van der Waals surface area contributed by atoms with Crippen molar-refractivity contribution in [3.63, 3.8) is 0 Å². The van der Waals surface area contributed by atoms with E-state index in [1.54, 1.807) is 0 Å². The summed E-state index contributed by atoms with van der Waals surface area (Å²) in [4.78, 5) is 13.2. The number of aliphatic hydroxyl groups excluding tert-OH is 7. The van der Waals surface area contributed by atoms with Crippen molar-refractivity contribution in [2.75, 3.05) is 6.61 Å². The molecule has 1 aromatic heterocycles. The van der Waals surface area contributed by atoms with Gasteiger partial charge in [-0.15, -0.1) is 0 Å². The second kappa shape index (κ2) is 11.2. The third-order valence-corrected chi connectivity index (χ3v) is 7.37. The van der Waals surface area contributed by atoms with Crippen molar-refractivity contribution in [1.29, 1.82) is 0 Å². The van der Waals surface area contributed by atoms with E-state index < -0.39 is 84.6 Å². The van der Waals surface area contributed by atoms with E-state index in [9.17, 15) is 50.8 Å². The van der Waals surface area contributed by atoms with Gasteiger partial charge in [-0.1, -0.05) is 0 Å². The molecule has 2 fully saturated rings. The minimum atomic E-state index is -1.90. The fourth-order valence-corrected chi connectivity index (χ4v) is 5.01. The van der Waals surface area contributed by atoms with E-state index >= 15 is 0 Å². The molecule has 5 rings (SSSR count). The molecule has 2 saturated heterocycles. The molecular formula is C27H30O14. The number of hydrogen-bond acceptors (Lipinski definition) is 14. The van der Waals surface area contributed by atoms with Crippen LogP contribution in [0.5, 0.6) is 17.2 Å². The predicted octanol–water partition coefficient (Wildman–Crippen LogP) is -1.41. The molecule has 4 unspecified atom stereocenters. The molecule has 2 aliphatic rings. The summed E-state index contributed by atoms with van der Waals surface area (Å²) in [5.74, 6) is -1.16. The number of fused-ring (bicyclic) bond motifs is 1. The largest absolute Gasteiger partial charge is 0.508 e. The molecule has 3 heterocycles. The maximum atomic E-state index is 13.2. The first kappa shape index (κ1) is 29.2. The molecule has 3 aromatic rings. The number of aliphatic hydroxyl groups is 7. The van der Waals surface area contributed by atoms with Gasteiger partial charge in [-0.2, -0.15) is 0 Å². The Kier molecular flexibility index (Phi) is 7.95. The van der Waals surface area contributed by atoms with Crippen LogP contribution in [-0.4, -0.2) is 108 Å². The summed E-state index contributed by atoms with van der Waals surface area (Å²) in [7, 11) is 0. The van der Waals surface area contributed by atoms with Crippen LogP contribution in [0.2, 0.25) is 0 Å². The van der Waals surface area contributed by atoms with Gasteiger partial charge in [0.25, 0.3) is 0 Å². The maximum absolute atomic E-state index is 13.2. The van der Waals surface area contributed by atoms with Gasteiger partial charge in [0, 0.05) is 17.7 Å². The summed E-state index contributed by atoms with van der Waals surface area (Å²) < 4.78 is 22.8. The Bertz CT molecular complexity index is 1450. The summed E-state index contributed by atoms with van der Waals surface area (Å²) in [5.41, 5.74) is -0.965. The van der Waals surface area contributed by atoms with Gasteiger partial charge < -0.3 is 64.6 Å². The van der Waals surface area contributed by atoms with Crippen molar-refractivity contribution in [2.24, 2.45) is 0 Å². The van der Waals surface area contributed by atoms with Crippen LogP contribution >= 0.6 is 0 Å². The second-order valence-electron chi connectivity index (χ2n) is 10.1. The summed E-state index contributed by atoms with van der Waals surface area (Å²) in [6.07, 6.45) is -16.1. The molecule has 9 N–H and O–H groups in total. The Balaban J connectivity index is 1.69. The molecule has 0 amide bonds. The van der Waals surface area contributed by atoms with Crippen molar-refractivity contribution in [3.05, 3.63) is 52.2 Å². The first-order chi connectivity index (χ1) is 19.4. The topological polar surface area (TPSA) is 240 Å². The summed E-state index contributed by atoms with van der Waals surface area (Å²) >= 11 is 0. The zero-order valence-electron chi connectivity index (χ0n) is 21.5. The van der Waals surface area contributed by atoms with Gasteiger partial charge in [-0.3, -0.25) is 4.79 Å². The standard InChI is InChI=1S/C27H30O14/c1-9-19(31)22(34)25(37)27(38-9)41-15-7-14-17(12(30)6-13(39-14)10-2-4-11(29)5-3-10)21(33)18(15)26-24(36)23(35)20(32)16(8-28)40-26/h2-7,9,16,19-20,22-29,31-37H,8H2,1H3/t9?,16?,19-,20+,22-,23-,24?,25?,26-,27-/m0/s1. The van der Waals surface area contributed by atoms with Crippen molar-refractivity contribution >= 4 is 11.0 Å². The van der Waals surface area contributed by atoms with Crippen LogP contribution in [0.3, 0.4) is 0 Å². The van der Waals surface area contributed by atoms with Gasteiger partial charge in [0.1, 0.15) is 82.8 Å². The molecular weight excluding hydrogens is 548 g/mol. The summed E-state index contributed by atoms with van der Waals surface area (Å²) in [6, 6.07) is 7.93. The number of phenols is 2. The Morgan fingerprint density at radius 3 is 2.15 bits per heavy atom. The van der Waals surface area contributed by atoms with Gasteiger partial charge in [0.05, 0.1) is 18.3 Å². The van der Waals surface area contributed by atoms with E-state index in [0.717, 1.165) is 12.1 Å². The van der Waals surface area contributed by atoms with E-state index in [-0.39, 0.29) is 28.2 Å². The van der Waals surface area contributed by atoms with Gasteiger partial charge >= 0.3 is 0 Å². The highest BCUT2D eigenvalue weighted by Gasteiger charge is 2.48. The van der Waals surface area contributed by atoms with Crippen LogP contribution in [0.1, 0.15) is 18.6 Å². The summed E-state index contributed by atoms with van der Waals surface area (Å²) in [5, 5.41) is 92.5. The normalized spacial score (nSPS) is 34.0. The lowest BCUT2D eigenvalue weighted by Gasteiger charge is -2.42.